The molecule has 174 valence electrons. The van der Waals surface area contributed by atoms with Gasteiger partial charge in [-0.05, 0) is 76.6 Å². The van der Waals surface area contributed by atoms with Crippen LogP contribution < -0.4 is 0 Å². The lowest BCUT2D eigenvalue weighted by Gasteiger charge is -2.45. The molecule has 1 aromatic carbocycles. The van der Waals surface area contributed by atoms with Crippen molar-refractivity contribution in [2.45, 2.75) is 82.8 Å². The van der Waals surface area contributed by atoms with Gasteiger partial charge in [0.2, 0.25) is 0 Å². The van der Waals surface area contributed by atoms with Crippen LogP contribution in [0.15, 0.2) is 30.3 Å². The summed E-state index contributed by atoms with van der Waals surface area (Å²) >= 11 is 0. The Morgan fingerprint density at radius 3 is 2.50 bits per heavy atom. The fraction of sp³-hybridized carbons (Fsp3) is 0.630. The molecule has 1 aliphatic carbocycles. The van der Waals surface area contributed by atoms with E-state index in [1.54, 1.807) is 0 Å². The summed E-state index contributed by atoms with van der Waals surface area (Å²) in [5.74, 6) is 0.242. The van der Waals surface area contributed by atoms with Crippen LogP contribution >= 0.6 is 0 Å². The Morgan fingerprint density at radius 1 is 1.16 bits per heavy atom. The normalized spacial score (nSPS) is 26.9. The molecule has 5 rings (SSSR count). The summed E-state index contributed by atoms with van der Waals surface area (Å²) in [5, 5.41) is 0. The van der Waals surface area contributed by atoms with E-state index in [0.29, 0.717) is 5.92 Å². The van der Waals surface area contributed by atoms with Crippen LogP contribution in [0.3, 0.4) is 0 Å². The van der Waals surface area contributed by atoms with E-state index in [1.165, 1.54) is 0 Å². The van der Waals surface area contributed by atoms with Crippen molar-refractivity contribution in [2.75, 3.05) is 19.6 Å². The molecule has 32 heavy (non-hydrogen) atoms. The molecule has 0 radical (unpaired) electrons. The van der Waals surface area contributed by atoms with Gasteiger partial charge in [0.25, 0.3) is 0 Å². The number of carbonyl (C=O) groups is 2. The molecular formula is C27H37NO4. The smallest absolute Gasteiger partial charge is 0.316 e. The van der Waals surface area contributed by atoms with E-state index >= 15 is 0 Å². The number of fused-ring (bicyclic) bond motifs is 3. The van der Waals surface area contributed by atoms with Crippen molar-refractivity contribution < 1.29 is 19.1 Å². The van der Waals surface area contributed by atoms with Crippen molar-refractivity contribution in [3.63, 3.8) is 0 Å². The first-order valence-corrected chi connectivity index (χ1v) is 12.2. The molecule has 0 amide bonds. The third-order valence-corrected chi connectivity index (χ3v) is 7.16. The van der Waals surface area contributed by atoms with E-state index in [4.69, 9.17) is 9.47 Å². The van der Waals surface area contributed by atoms with Crippen molar-refractivity contribution >= 4 is 18.0 Å². The summed E-state index contributed by atoms with van der Waals surface area (Å²) < 4.78 is 11.6. The molecule has 3 aliphatic heterocycles. The van der Waals surface area contributed by atoms with Crippen molar-refractivity contribution in [2.24, 2.45) is 5.92 Å². The number of hydrogen-bond acceptors (Lipinski definition) is 5. The van der Waals surface area contributed by atoms with Crippen LogP contribution in [-0.2, 0) is 24.5 Å². The number of nitrogens with zero attached hydrogens (tertiary/aromatic N) is 1. The SMILES string of the molecule is CC(C)(C)OC(=O)CC=Cc1cccc(C2(C(=O)O[C@H]3CN4CCC3CC4)CCCC2)c1. The zero-order chi connectivity index (χ0) is 22.8. The van der Waals surface area contributed by atoms with Gasteiger partial charge in [-0.25, -0.2) is 0 Å². The highest BCUT2D eigenvalue weighted by Gasteiger charge is 2.47. The van der Waals surface area contributed by atoms with Gasteiger partial charge in [-0.3, -0.25) is 14.5 Å². The van der Waals surface area contributed by atoms with Gasteiger partial charge in [0, 0.05) is 6.54 Å². The summed E-state index contributed by atoms with van der Waals surface area (Å²) in [6.07, 6.45) is 10.1. The molecule has 1 aromatic rings. The van der Waals surface area contributed by atoms with Crippen LogP contribution in [0.5, 0.6) is 0 Å². The Labute approximate surface area is 192 Å². The number of ether oxygens (including phenoxy) is 2. The van der Waals surface area contributed by atoms with Gasteiger partial charge in [-0.15, -0.1) is 0 Å². The summed E-state index contributed by atoms with van der Waals surface area (Å²) in [6, 6.07) is 8.17. The fourth-order valence-electron chi connectivity index (χ4n) is 5.50. The molecule has 5 nitrogen and oxygen atoms in total. The quantitative estimate of drug-likeness (QED) is 0.591. The van der Waals surface area contributed by atoms with Crippen molar-refractivity contribution in [1.29, 1.82) is 0 Å². The van der Waals surface area contributed by atoms with Gasteiger partial charge in [0.05, 0.1) is 11.8 Å². The molecule has 4 aliphatic rings. The predicted molar refractivity (Wildman–Crippen MR) is 125 cm³/mol. The lowest BCUT2D eigenvalue weighted by molar-refractivity contribution is -0.166. The summed E-state index contributed by atoms with van der Waals surface area (Å²) in [6.45, 7) is 8.78. The molecule has 0 N–H and O–H groups in total. The van der Waals surface area contributed by atoms with Crippen molar-refractivity contribution in [1.82, 2.24) is 4.90 Å². The van der Waals surface area contributed by atoms with Crippen LogP contribution in [0.1, 0.15) is 76.8 Å². The second-order valence-corrected chi connectivity index (χ2v) is 10.7. The topological polar surface area (TPSA) is 55.8 Å². The first-order chi connectivity index (χ1) is 15.2. The molecule has 2 bridgehead atoms. The largest absolute Gasteiger partial charge is 0.460 e. The first-order valence-electron chi connectivity index (χ1n) is 12.2. The van der Waals surface area contributed by atoms with Gasteiger partial charge in [0.1, 0.15) is 11.7 Å². The van der Waals surface area contributed by atoms with Gasteiger partial charge in [-0.1, -0.05) is 49.3 Å². The van der Waals surface area contributed by atoms with Gasteiger partial charge in [0.15, 0.2) is 0 Å². The Morgan fingerprint density at radius 2 is 1.88 bits per heavy atom. The molecule has 5 heteroatoms. The number of esters is 2. The van der Waals surface area contributed by atoms with Crippen LogP contribution in [0.2, 0.25) is 0 Å². The van der Waals surface area contributed by atoms with E-state index < -0.39 is 11.0 Å². The minimum atomic E-state index is -0.541. The number of rotatable bonds is 6. The molecule has 1 atom stereocenters. The Kier molecular flexibility index (Phi) is 6.75. The van der Waals surface area contributed by atoms with Gasteiger partial charge in [-0.2, -0.15) is 0 Å². The molecule has 0 unspecified atom stereocenters. The minimum absolute atomic E-state index is 0.0383. The Hall–Kier alpha value is -2.14. The Balaban J connectivity index is 1.46. The van der Waals surface area contributed by atoms with Crippen molar-refractivity contribution in [3.05, 3.63) is 41.5 Å². The lowest BCUT2D eigenvalue weighted by atomic mass is 9.78. The maximum Gasteiger partial charge on any atom is 0.316 e. The highest BCUT2D eigenvalue weighted by atomic mass is 16.6. The maximum absolute atomic E-state index is 13.5. The average Bonchev–Trinajstić information content (AvgIpc) is 3.25. The molecule has 1 saturated carbocycles. The first kappa shape index (κ1) is 23.0. The third kappa shape index (κ3) is 5.25. The van der Waals surface area contributed by atoms with E-state index in [2.05, 4.69) is 17.0 Å². The summed E-state index contributed by atoms with van der Waals surface area (Å²) in [5.41, 5.74) is 1.02. The second kappa shape index (κ2) is 9.38. The van der Waals surface area contributed by atoms with Gasteiger partial charge >= 0.3 is 11.9 Å². The number of carbonyl (C=O) groups excluding carboxylic acids is 2. The van der Waals surface area contributed by atoms with Crippen LogP contribution in [-0.4, -0.2) is 48.2 Å². The molecule has 3 saturated heterocycles. The number of benzene rings is 1. The average molecular weight is 440 g/mol. The lowest BCUT2D eigenvalue weighted by Crippen LogP contribution is -2.53. The maximum atomic E-state index is 13.5. The number of hydrogen-bond donors (Lipinski definition) is 0. The van der Waals surface area contributed by atoms with Crippen LogP contribution in [0.25, 0.3) is 6.08 Å². The van der Waals surface area contributed by atoms with E-state index in [-0.39, 0.29) is 24.5 Å². The monoisotopic (exact) mass is 439 g/mol. The highest BCUT2D eigenvalue weighted by Crippen LogP contribution is 2.43. The molecular weight excluding hydrogens is 402 g/mol. The summed E-state index contributed by atoms with van der Waals surface area (Å²) in [7, 11) is 0. The molecule has 4 fully saturated rings. The minimum Gasteiger partial charge on any atom is -0.460 e. The van der Waals surface area contributed by atoms with Crippen LogP contribution in [0.4, 0.5) is 0 Å². The molecule has 0 aromatic heterocycles. The third-order valence-electron chi connectivity index (χ3n) is 7.16. The fourth-order valence-corrected chi connectivity index (χ4v) is 5.50. The van der Waals surface area contributed by atoms with E-state index in [9.17, 15) is 9.59 Å². The number of piperidine rings is 3. The van der Waals surface area contributed by atoms with E-state index in [1.807, 2.05) is 45.1 Å². The highest BCUT2D eigenvalue weighted by molar-refractivity contribution is 5.84. The standard InChI is InChI=1S/C27H37NO4/c1-26(2,3)32-24(29)11-7-9-20-8-6-10-22(18-20)27(14-4-5-15-27)25(30)31-23-19-28-16-12-21(23)13-17-28/h6-10,18,21,23H,4-5,11-17,19H2,1-3H3/t23-/m0/s1. The van der Waals surface area contributed by atoms with Crippen LogP contribution in [0, 0.1) is 5.92 Å². The predicted octanol–water partition coefficient (Wildman–Crippen LogP) is 4.88. The zero-order valence-corrected chi connectivity index (χ0v) is 19.8. The zero-order valence-electron chi connectivity index (χ0n) is 19.8. The molecule has 3 heterocycles. The summed E-state index contributed by atoms with van der Waals surface area (Å²) in [4.78, 5) is 27.9. The Bertz CT molecular complexity index is 855. The van der Waals surface area contributed by atoms with Crippen molar-refractivity contribution in [3.8, 4) is 0 Å². The van der Waals surface area contributed by atoms with E-state index in [0.717, 1.165) is 69.3 Å². The molecule has 0 spiro atoms. The van der Waals surface area contributed by atoms with Gasteiger partial charge < -0.3 is 9.47 Å². The second-order valence-electron chi connectivity index (χ2n) is 10.7.